The standard InChI is InChI=1S/C19H19ClN4OS/c1-13(2)18-19(26-16-7-3-6-15(20)9-16)24(17(23-18)11-22-25)12-14-5-4-8-21-10-14/h3-11,13,25H,12H2,1-2H3. The van der Waals surface area contributed by atoms with Gasteiger partial charge in [0.05, 0.1) is 12.2 Å². The maximum Gasteiger partial charge on any atom is 0.156 e. The molecule has 0 atom stereocenters. The highest BCUT2D eigenvalue weighted by molar-refractivity contribution is 7.99. The van der Waals surface area contributed by atoms with Gasteiger partial charge in [0.25, 0.3) is 0 Å². The Morgan fingerprint density at radius 2 is 2.15 bits per heavy atom. The van der Waals surface area contributed by atoms with E-state index >= 15 is 0 Å². The zero-order chi connectivity index (χ0) is 18.5. The van der Waals surface area contributed by atoms with Crippen LogP contribution in [-0.4, -0.2) is 26.0 Å². The SMILES string of the molecule is CC(C)c1nc(C=NO)n(Cc2cccnc2)c1Sc1cccc(Cl)c1. The van der Waals surface area contributed by atoms with Crippen LogP contribution in [-0.2, 0) is 6.54 Å². The van der Waals surface area contributed by atoms with Gasteiger partial charge in [-0.05, 0) is 35.7 Å². The molecule has 0 spiro atoms. The number of aromatic nitrogens is 3. The molecule has 0 unspecified atom stereocenters. The summed E-state index contributed by atoms with van der Waals surface area (Å²) in [7, 11) is 0. The zero-order valence-electron chi connectivity index (χ0n) is 14.5. The summed E-state index contributed by atoms with van der Waals surface area (Å²) in [6.07, 6.45) is 4.93. The average Bonchev–Trinajstić information content (AvgIpc) is 2.94. The first-order valence-corrected chi connectivity index (χ1v) is 9.38. The molecule has 3 aromatic rings. The maximum absolute atomic E-state index is 9.05. The predicted octanol–water partition coefficient (Wildman–Crippen LogP) is 5.06. The molecule has 7 heteroatoms. The van der Waals surface area contributed by atoms with Crippen molar-refractivity contribution >= 4 is 29.6 Å². The summed E-state index contributed by atoms with van der Waals surface area (Å²) in [6, 6.07) is 11.6. The monoisotopic (exact) mass is 386 g/mol. The third-order valence-electron chi connectivity index (χ3n) is 3.77. The topological polar surface area (TPSA) is 63.3 Å². The van der Waals surface area contributed by atoms with Crippen molar-refractivity contribution in [1.29, 1.82) is 0 Å². The molecule has 0 aliphatic rings. The fraction of sp³-hybridized carbons (Fsp3) is 0.211. The van der Waals surface area contributed by atoms with Gasteiger partial charge in [-0.3, -0.25) is 4.98 Å². The van der Waals surface area contributed by atoms with Crippen molar-refractivity contribution in [1.82, 2.24) is 14.5 Å². The quantitative estimate of drug-likeness (QED) is 0.365. The van der Waals surface area contributed by atoms with Gasteiger partial charge in [-0.2, -0.15) is 0 Å². The van der Waals surface area contributed by atoms with Gasteiger partial charge < -0.3 is 9.77 Å². The number of benzene rings is 1. The Kier molecular flexibility index (Phi) is 5.96. The molecule has 0 aliphatic heterocycles. The molecule has 0 saturated carbocycles. The fourth-order valence-corrected chi connectivity index (χ4v) is 4.04. The largest absolute Gasteiger partial charge is 0.411 e. The molecule has 0 radical (unpaired) electrons. The van der Waals surface area contributed by atoms with Crippen molar-refractivity contribution < 1.29 is 5.21 Å². The Labute approximate surface area is 161 Å². The lowest BCUT2D eigenvalue weighted by molar-refractivity contribution is 0.321. The smallest absolute Gasteiger partial charge is 0.156 e. The molecule has 5 nitrogen and oxygen atoms in total. The Morgan fingerprint density at radius 3 is 2.81 bits per heavy atom. The second-order valence-electron chi connectivity index (χ2n) is 6.07. The lowest BCUT2D eigenvalue weighted by atomic mass is 10.1. The summed E-state index contributed by atoms with van der Waals surface area (Å²) in [4.78, 5) is 9.90. The first-order chi connectivity index (χ1) is 12.6. The number of halogens is 1. The molecule has 0 amide bonds. The van der Waals surface area contributed by atoms with Crippen LogP contribution < -0.4 is 0 Å². The van der Waals surface area contributed by atoms with E-state index in [1.807, 2.05) is 47.2 Å². The van der Waals surface area contributed by atoms with Crippen molar-refractivity contribution in [2.24, 2.45) is 5.16 Å². The summed E-state index contributed by atoms with van der Waals surface area (Å²) < 4.78 is 2.04. The van der Waals surface area contributed by atoms with Crippen LogP contribution in [0.1, 0.15) is 36.8 Å². The highest BCUT2D eigenvalue weighted by atomic mass is 35.5. The molecule has 3 rings (SSSR count). The predicted molar refractivity (Wildman–Crippen MR) is 105 cm³/mol. The van der Waals surface area contributed by atoms with Crippen LogP contribution in [0.2, 0.25) is 5.02 Å². The molecule has 0 fully saturated rings. The average molecular weight is 387 g/mol. The van der Waals surface area contributed by atoms with E-state index in [1.165, 1.54) is 6.21 Å². The van der Waals surface area contributed by atoms with Crippen LogP contribution in [0.15, 0.2) is 63.9 Å². The lowest BCUT2D eigenvalue weighted by Crippen LogP contribution is -2.06. The Hall–Kier alpha value is -2.31. The van der Waals surface area contributed by atoms with E-state index in [0.29, 0.717) is 17.4 Å². The second kappa shape index (κ2) is 8.38. The number of imidazole rings is 1. The minimum atomic E-state index is 0.220. The molecule has 26 heavy (non-hydrogen) atoms. The van der Waals surface area contributed by atoms with Crippen molar-refractivity contribution in [3.63, 3.8) is 0 Å². The van der Waals surface area contributed by atoms with E-state index in [1.54, 1.807) is 18.0 Å². The van der Waals surface area contributed by atoms with Gasteiger partial charge in [0.15, 0.2) is 5.82 Å². The van der Waals surface area contributed by atoms with Gasteiger partial charge in [0.1, 0.15) is 11.2 Å². The Bertz CT molecular complexity index is 909. The minimum Gasteiger partial charge on any atom is -0.411 e. The summed E-state index contributed by atoms with van der Waals surface area (Å²) in [5.74, 6) is 0.822. The number of pyridine rings is 1. The molecule has 0 saturated heterocycles. The highest BCUT2D eigenvalue weighted by Gasteiger charge is 2.20. The number of rotatable bonds is 6. The molecular formula is C19H19ClN4OS. The molecule has 0 aliphatic carbocycles. The minimum absolute atomic E-state index is 0.220. The molecule has 0 bridgehead atoms. The van der Waals surface area contributed by atoms with Crippen LogP contribution >= 0.6 is 23.4 Å². The first kappa shape index (κ1) is 18.5. The summed E-state index contributed by atoms with van der Waals surface area (Å²) in [5, 5.41) is 13.9. The van der Waals surface area contributed by atoms with E-state index < -0.39 is 0 Å². The van der Waals surface area contributed by atoms with Gasteiger partial charge in [0.2, 0.25) is 0 Å². The van der Waals surface area contributed by atoms with Crippen molar-refractivity contribution in [3.05, 3.63) is 70.9 Å². The van der Waals surface area contributed by atoms with E-state index in [2.05, 4.69) is 24.0 Å². The summed E-state index contributed by atoms with van der Waals surface area (Å²) >= 11 is 7.74. The highest BCUT2D eigenvalue weighted by Crippen LogP contribution is 2.35. The second-order valence-corrected chi connectivity index (χ2v) is 7.57. The van der Waals surface area contributed by atoms with E-state index in [4.69, 9.17) is 21.8 Å². The van der Waals surface area contributed by atoms with Gasteiger partial charge in [0, 0.05) is 22.3 Å². The third kappa shape index (κ3) is 4.26. The van der Waals surface area contributed by atoms with Crippen LogP contribution in [0.5, 0.6) is 0 Å². The molecule has 2 heterocycles. The Balaban J connectivity index is 2.09. The van der Waals surface area contributed by atoms with E-state index in [-0.39, 0.29) is 5.92 Å². The van der Waals surface area contributed by atoms with Crippen molar-refractivity contribution in [3.8, 4) is 0 Å². The molecule has 1 aromatic carbocycles. The fourth-order valence-electron chi connectivity index (χ4n) is 2.58. The van der Waals surface area contributed by atoms with Gasteiger partial charge in [-0.25, -0.2) is 4.98 Å². The third-order valence-corrected chi connectivity index (χ3v) is 5.12. The first-order valence-electron chi connectivity index (χ1n) is 8.18. The molecule has 2 aromatic heterocycles. The number of oxime groups is 1. The van der Waals surface area contributed by atoms with Crippen LogP contribution in [0.4, 0.5) is 0 Å². The van der Waals surface area contributed by atoms with Crippen molar-refractivity contribution in [2.75, 3.05) is 0 Å². The number of hydrogen-bond acceptors (Lipinski definition) is 5. The Morgan fingerprint density at radius 1 is 1.31 bits per heavy atom. The zero-order valence-corrected chi connectivity index (χ0v) is 16.1. The lowest BCUT2D eigenvalue weighted by Gasteiger charge is -2.12. The number of nitrogens with zero attached hydrogens (tertiary/aromatic N) is 4. The molecule has 134 valence electrons. The van der Waals surface area contributed by atoms with Gasteiger partial charge in [-0.1, -0.05) is 54.5 Å². The summed E-state index contributed by atoms with van der Waals surface area (Å²) in [6.45, 7) is 4.77. The van der Waals surface area contributed by atoms with Crippen molar-refractivity contribution in [2.45, 2.75) is 36.2 Å². The van der Waals surface area contributed by atoms with Crippen LogP contribution in [0.3, 0.4) is 0 Å². The normalized spacial score (nSPS) is 11.5. The van der Waals surface area contributed by atoms with E-state index in [9.17, 15) is 0 Å². The summed E-state index contributed by atoms with van der Waals surface area (Å²) in [5.41, 5.74) is 1.99. The van der Waals surface area contributed by atoms with Gasteiger partial charge >= 0.3 is 0 Å². The van der Waals surface area contributed by atoms with Crippen LogP contribution in [0.25, 0.3) is 0 Å². The number of hydrogen-bond donors (Lipinski definition) is 1. The molecule has 1 N–H and O–H groups in total. The van der Waals surface area contributed by atoms with Gasteiger partial charge in [-0.15, -0.1) is 0 Å². The molecular weight excluding hydrogens is 368 g/mol. The van der Waals surface area contributed by atoms with Crippen LogP contribution in [0, 0.1) is 0 Å². The maximum atomic E-state index is 9.05. The van der Waals surface area contributed by atoms with E-state index in [0.717, 1.165) is 21.2 Å².